The molecule has 4 heterocycles. The third-order valence-corrected chi connectivity index (χ3v) is 8.36. The van der Waals surface area contributed by atoms with E-state index < -0.39 is 29.2 Å². The Kier molecular flexibility index (Phi) is 13.8. The number of halogens is 3. The predicted molar refractivity (Wildman–Crippen MR) is 160 cm³/mol. The van der Waals surface area contributed by atoms with Crippen LogP contribution in [0.1, 0.15) is 17.9 Å². The third-order valence-electron chi connectivity index (χ3n) is 5.32. The number of fused-ring (bicyclic) bond motifs is 1. The van der Waals surface area contributed by atoms with E-state index in [0.717, 1.165) is 11.3 Å². The first-order chi connectivity index (χ1) is 17.7. The summed E-state index contributed by atoms with van der Waals surface area (Å²) in [6.45, 7) is 2.27. The van der Waals surface area contributed by atoms with Crippen molar-refractivity contribution in [3.63, 3.8) is 0 Å². The minimum atomic E-state index is -1.24. The lowest BCUT2D eigenvalue weighted by atomic mass is 10.0. The number of hydrogen-bond donors (Lipinski definition) is 5. The van der Waals surface area contributed by atoms with Gasteiger partial charge in [-0.1, -0.05) is 16.9 Å². The van der Waals surface area contributed by atoms with Gasteiger partial charge in [-0.3, -0.25) is 14.5 Å². The molecule has 2 aliphatic heterocycles. The number of oxime groups is 1. The molecule has 15 nitrogen and oxygen atoms in total. The average molecular weight is 678 g/mol. The molecular weight excluding hydrogens is 651 g/mol. The lowest BCUT2D eigenvalue weighted by Gasteiger charge is -2.49. The van der Waals surface area contributed by atoms with E-state index in [0.29, 0.717) is 35.3 Å². The number of β-lactam (4-membered cyclic amide) rings is 1. The summed E-state index contributed by atoms with van der Waals surface area (Å²) < 4.78 is 1.31. The highest BCUT2D eigenvalue weighted by Gasteiger charge is 2.54. The fourth-order valence-electron chi connectivity index (χ4n) is 3.46. The van der Waals surface area contributed by atoms with Gasteiger partial charge in [0, 0.05) is 16.9 Å². The summed E-state index contributed by atoms with van der Waals surface area (Å²) in [5.41, 5.74) is 11.6. The number of amides is 2. The molecule has 0 bridgehead atoms. The lowest BCUT2D eigenvalue weighted by Crippen LogP contribution is -2.71. The van der Waals surface area contributed by atoms with Gasteiger partial charge in [-0.2, -0.15) is 0 Å². The zero-order chi connectivity index (χ0) is 26.7. The third kappa shape index (κ3) is 7.42. The summed E-state index contributed by atoms with van der Waals surface area (Å²) in [5.74, 6) is 4.47. The molecule has 2 aromatic heterocycles. The number of thiazole rings is 1. The monoisotopic (exact) mass is 676 g/mol. The topological polar surface area (TPSA) is 230 Å². The van der Waals surface area contributed by atoms with Crippen LogP contribution in [-0.2, 0) is 19.2 Å². The fourth-order valence-corrected chi connectivity index (χ4v) is 6.40. The normalized spacial score (nSPS) is 18.0. The molecule has 0 radical (unpaired) electrons. The number of carbonyl (C=O) groups excluding carboxylic acids is 2. The maximum absolute atomic E-state index is 13.1. The van der Waals surface area contributed by atoms with Crippen LogP contribution in [0.3, 0.4) is 0 Å². The number of aromatic nitrogens is 4. The molecule has 4 rings (SSSR count). The number of aryl methyl sites for hydroxylation is 1. The number of thioether (sulfide) groups is 2. The van der Waals surface area contributed by atoms with Crippen LogP contribution >= 0.6 is 72.1 Å². The average Bonchev–Trinajstić information content (AvgIpc) is 3.44. The molecule has 2 aromatic rings. The molecule has 1 unspecified atom stereocenters. The Morgan fingerprint density at radius 1 is 1.32 bits per heavy atom. The second kappa shape index (κ2) is 15.5. The van der Waals surface area contributed by atoms with E-state index in [2.05, 4.69) is 25.7 Å². The van der Waals surface area contributed by atoms with Crippen LogP contribution in [0, 0.1) is 6.92 Å². The minimum Gasteiger partial charge on any atom is -0.477 e. The molecule has 222 valence electrons. The van der Waals surface area contributed by atoms with Gasteiger partial charge in [-0.15, -0.1) is 70.5 Å². The van der Waals surface area contributed by atoms with Crippen LogP contribution < -0.4 is 22.6 Å². The second-order valence-corrected chi connectivity index (χ2v) is 10.7. The van der Waals surface area contributed by atoms with Crippen molar-refractivity contribution in [3.8, 4) is 0 Å². The summed E-state index contributed by atoms with van der Waals surface area (Å²) in [6, 6.07) is -0.957. The molecule has 2 aliphatic rings. The SMILES string of the molecule is Cc1nnc(SCC2=C(C(=O)O)N3C(=O)C(NC(=O)C(=NOCCCN)c4csc(N)n4)[C@H]3SC2)n1N.Cl.Cl.Cl. The Morgan fingerprint density at radius 3 is 2.62 bits per heavy atom. The first kappa shape index (κ1) is 35.5. The van der Waals surface area contributed by atoms with E-state index in [1.165, 1.54) is 33.1 Å². The highest BCUT2D eigenvalue weighted by atomic mass is 35.5. The number of nitrogens with one attached hydrogen (secondary N) is 1. The second-order valence-electron chi connectivity index (χ2n) is 7.79. The summed E-state index contributed by atoms with van der Waals surface area (Å²) in [6.07, 6.45) is 0.528. The highest BCUT2D eigenvalue weighted by molar-refractivity contribution is 8.01. The molecule has 0 aromatic carbocycles. The van der Waals surface area contributed by atoms with Gasteiger partial charge < -0.3 is 32.6 Å². The standard InChI is InChI=1S/C19H24N10O5S3.3ClH/c1-8-25-26-19(29(8)22)37-6-9-5-35-16-12(15(31)28(16)13(9)17(32)33)24-14(30)11(27-34-4-2-3-20)10-7-36-18(21)23-10;;;/h7,12,16H,2-6,20,22H2,1H3,(H2,21,23)(H,24,30)(H,32,33);3*1H/t12?,16-;;;/m1.../s1. The molecule has 8 N–H and O–H groups in total. The van der Waals surface area contributed by atoms with E-state index >= 15 is 0 Å². The number of nitrogens with zero attached hydrogens (tertiary/aromatic N) is 6. The number of carboxylic acids is 1. The van der Waals surface area contributed by atoms with Crippen LogP contribution in [0.15, 0.2) is 27.0 Å². The lowest BCUT2D eigenvalue weighted by molar-refractivity contribution is -0.150. The van der Waals surface area contributed by atoms with E-state index in [-0.39, 0.29) is 71.8 Å². The highest BCUT2D eigenvalue weighted by Crippen LogP contribution is 2.41. The van der Waals surface area contributed by atoms with E-state index in [9.17, 15) is 19.5 Å². The summed E-state index contributed by atoms with van der Waals surface area (Å²) in [4.78, 5) is 48.6. The van der Waals surface area contributed by atoms with Gasteiger partial charge in [-0.25, -0.2) is 14.5 Å². The molecule has 0 spiro atoms. The molecule has 0 saturated carbocycles. The Hall–Kier alpha value is -2.48. The predicted octanol–water partition coefficient (Wildman–Crippen LogP) is 0.205. The number of rotatable bonds is 11. The molecular formula is C19H27Cl3N10O5S3. The first-order valence-corrected chi connectivity index (χ1v) is 13.8. The molecule has 1 saturated heterocycles. The van der Waals surface area contributed by atoms with Gasteiger partial charge in [0.05, 0.1) is 0 Å². The van der Waals surface area contributed by atoms with Crippen molar-refractivity contribution >= 4 is 101 Å². The van der Waals surface area contributed by atoms with Gasteiger partial charge in [0.2, 0.25) is 5.16 Å². The number of aliphatic carboxylic acids is 1. The number of carboxylic acid groups (broad SMARTS) is 1. The number of hydrogen-bond acceptors (Lipinski definition) is 14. The van der Waals surface area contributed by atoms with Crippen molar-refractivity contribution in [2.75, 3.05) is 36.2 Å². The van der Waals surface area contributed by atoms with Crippen molar-refractivity contribution in [1.29, 1.82) is 0 Å². The number of nitrogen functional groups attached to an aromatic ring is 2. The summed E-state index contributed by atoms with van der Waals surface area (Å²) in [7, 11) is 0. The summed E-state index contributed by atoms with van der Waals surface area (Å²) in [5, 5.41) is 25.8. The fraction of sp³-hybridized carbons (Fsp3) is 0.421. The number of anilines is 1. The van der Waals surface area contributed by atoms with Gasteiger partial charge >= 0.3 is 5.97 Å². The molecule has 40 heavy (non-hydrogen) atoms. The first-order valence-electron chi connectivity index (χ1n) is 10.8. The maximum atomic E-state index is 13.1. The van der Waals surface area contributed by atoms with E-state index in [1.807, 2.05) is 0 Å². The van der Waals surface area contributed by atoms with Crippen molar-refractivity contribution in [2.45, 2.75) is 29.9 Å². The minimum absolute atomic E-state index is 0. The molecule has 1 fully saturated rings. The Labute approximate surface area is 259 Å². The van der Waals surface area contributed by atoms with Gasteiger partial charge in [0.25, 0.3) is 11.8 Å². The van der Waals surface area contributed by atoms with Crippen molar-refractivity contribution < 1.29 is 24.3 Å². The van der Waals surface area contributed by atoms with Crippen LogP contribution in [0.5, 0.6) is 0 Å². The van der Waals surface area contributed by atoms with Crippen molar-refractivity contribution in [1.82, 2.24) is 30.1 Å². The maximum Gasteiger partial charge on any atom is 0.352 e. The van der Waals surface area contributed by atoms with Crippen LogP contribution in [0.25, 0.3) is 0 Å². The smallest absolute Gasteiger partial charge is 0.352 e. The van der Waals surface area contributed by atoms with E-state index in [1.54, 1.807) is 12.3 Å². The molecule has 2 amide bonds. The number of nitrogens with two attached hydrogens (primary N) is 3. The van der Waals surface area contributed by atoms with Gasteiger partial charge in [0.1, 0.15) is 35.2 Å². The van der Waals surface area contributed by atoms with Crippen LogP contribution in [0.4, 0.5) is 5.13 Å². The van der Waals surface area contributed by atoms with Gasteiger partial charge in [-0.05, 0) is 25.5 Å². The van der Waals surface area contributed by atoms with Crippen molar-refractivity contribution in [2.24, 2.45) is 10.9 Å². The van der Waals surface area contributed by atoms with Gasteiger partial charge in [0.15, 0.2) is 10.8 Å². The van der Waals surface area contributed by atoms with Crippen LogP contribution in [0.2, 0.25) is 0 Å². The van der Waals surface area contributed by atoms with Crippen LogP contribution in [-0.4, -0.2) is 89.4 Å². The number of carbonyl (C=O) groups is 3. The molecule has 21 heteroatoms. The Balaban J connectivity index is 0.00000267. The quantitative estimate of drug-likeness (QED) is 0.0535. The zero-order valence-corrected chi connectivity index (χ0v) is 25.6. The summed E-state index contributed by atoms with van der Waals surface area (Å²) >= 11 is 3.68. The Bertz CT molecular complexity index is 1290. The molecule has 0 aliphatic carbocycles. The van der Waals surface area contributed by atoms with E-state index in [4.69, 9.17) is 22.1 Å². The largest absolute Gasteiger partial charge is 0.477 e. The van der Waals surface area contributed by atoms with Crippen molar-refractivity contribution in [3.05, 3.63) is 28.2 Å². The molecule has 2 atom stereocenters. The zero-order valence-electron chi connectivity index (χ0n) is 20.7. The Morgan fingerprint density at radius 2 is 2.05 bits per heavy atom.